The lowest BCUT2D eigenvalue weighted by molar-refractivity contribution is 0.0526. The molecule has 0 spiro atoms. The Bertz CT molecular complexity index is 756. The predicted molar refractivity (Wildman–Crippen MR) is 104 cm³/mol. The summed E-state index contributed by atoms with van der Waals surface area (Å²) in [5.74, 6) is 0.0675. The van der Waals surface area contributed by atoms with Gasteiger partial charge in [-0.15, -0.1) is 0 Å². The van der Waals surface area contributed by atoms with Gasteiger partial charge in [-0.25, -0.2) is 14.8 Å². The van der Waals surface area contributed by atoms with Crippen molar-refractivity contribution in [2.24, 2.45) is 0 Å². The molecule has 0 aliphatic rings. The number of hydrogen-bond acceptors (Lipinski definition) is 6. The van der Waals surface area contributed by atoms with Gasteiger partial charge in [0.25, 0.3) is 5.91 Å². The highest BCUT2D eigenvalue weighted by atomic mass is 16.5. The topological polar surface area (TPSA) is 84.4 Å². The Labute approximate surface area is 159 Å². The van der Waals surface area contributed by atoms with E-state index < -0.39 is 0 Å². The molecule has 1 aromatic carbocycles. The molecule has 0 aliphatic carbocycles. The maximum absolute atomic E-state index is 12.7. The van der Waals surface area contributed by atoms with Gasteiger partial charge in [-0.2, -0.15) is 0 Å². The summed E-state index contributed by atoms with van der Waals surface area (Å²) in [5.41, 5.74) is 1.59. The number of hydrogen-bond donors (Lipinski definition) is 1. The summed E-state index contributed by atoms with van der Waals surface area (Å²) in [4.78, 5) is 34.5. The van der Waals surface area contributed by atoms with E-state index in [0.29, 0.717) is 36.8 Å². The Morgan fingerprint density at radius 1 is 1.04 bits per heavy atom. The second-order valence-electron chi connectivity index (χ2n) is 6.00. The van der Waals surface area contributed by atoms with Crippen LogP contribution in [0.25, 0.3) is 0 Å². The fourth-order valence-corrected chi connectivity index (χ4v) is 2.61. The molecule has 0 radical (unpaired) electrons. The third-order valence-corrected chi connectivity index (χ3v) is 3.83. The summed E-state index contributed by atoms with van der Waals surface area (Å²) in [6, 6.07) is 8.52. The summed E-state index contributed by atoms with van der Waals surface area (Å²) >= 11 is 0. The lowest BCUT2D eigenvalue weighted by Gasteiger charge is -2.21. The van der Waals surface area contributed by atoms with E-state index in [1.807, 2.05) is 13.8 Å². The average Bonchev–Trinajstić information content (AvgIpc) is 2.68. The molecule has 27 heavy (non-hydrogen) atoms. The SMILES string of the molecule is CCCN(CCC)C(=O)c1cc(Nc2ccc(C(=O)OCC)cc2)ncn1. The molecular weight excluding hydrogens is 344 g/mol. The minimum Gasteiger partial charge on any atom is -0.462 e. The molecule has 2 rings (SSSR count). The minimum absolute atomic E-state index is 0.0955. The number of esters is 1. The number of nitrogens with zero attached hydrogens (tertiary/aromatic N) is 3. The lowest BCUT2D eigenvalue weighted by Crippen LogP contribution is -2.33. The van der Waals surface area contributed by atoms with Crippen molar-refractivity contribution in [1.29, 1.82) is 0 Å². The van der Waals surface area contributed by atoms with Crippen molar-refractivity contribution in [1.82, 2.24) is 14.9 Å². The zero-order chi connectivity index (χ0) is 19.6. The van der Waals surface area contributed by atoms with Crippen molar-refractivity contribution in [3.8, 4) is 0 Å². The number of ether oxygens (including phenoxy) is 1. The highest BCUT2D eigenvalue weighted by Crippen LogP contribution is 2.17. The Kier molecular flexibility index (Phi) is 7.73. The molecule has 7 heteroatoms. The van der Waals surface area contributed by atoms with E-state index in [1.54, 1.807) is 42.2 Å². The van der Waals surface area contributed by atoms with Gasteiger partial charge in [0.2, 0.25) is 0 Å². The number of nitrogens with one attached hydrogen (secondary N) is 1. The van der Waals surface area contributed by atoms with Crippen LogP contribution in [0.3, 0.4) is 0 Å². The molecule has 1 N–H and O–H groups in total. The van der Waals surface area contributed by atoms with E-state index in [4.69, 9.17) is 4.74 Å². The zero-order valence-electron chi connectivity index (χ0n) is 16.1. The van der Waals surface area contributed by atoms with E-state index in [9.17, 15) is 9.59 Å². The molecule has 0 bridgehead atoms. The van der Waals surface area contributed by atoms with Crippen LogP contribution in [0, 0.1) is 0 Å². The van der Waals surface area contributed by atoms with Crippen LogP contribution in [-0.2, 0) is 4.74 Å². The largest absolute Gasteiger partial charge is 0.462 e. The summed E-state index contributed by atoms with van der Waals surface area (Å²) in [5, 5.41) is 3.13. The van der Waals surface area contributed by atoms with Crippen molar-refractivity contribution in [3.63, 3.8) is 0 Å². The Balaban J connectivity index is 2.11. The predicted octanol–water partition coefficient (Wildman–Crippen LogP) is 3.66. The fourth-order valence-electron chi connectivity index (χ4n) is 2.61. The molecule has 0 saturated heterocycles. The number of carbonyl (C=O) groups excluding carboxylic acids is 2. The number of benzene rings is 1. The molecule has 0 unspecified atom stereocenters. The van der Waals surface area contributed by atoms with Crippen LogP contribution in [0.5, 0.6) is 0 Å². The molecule has 1 aromatic heterocycles. The van der Waals surface area contributed by atoms with Crippen LogP contribution in [-0.4, -0.2) is 46.4 Å². The van der Waals surface area contributed by atoms with E-state index in [0.717, 1.165) is 18.5 Å². The first-order chi connectivity index (χ1) is 13.1. The maximum Gasteiger partial charge on any atom is 0.338 e. The van der Waals surface area contributed by atoms with E-state index in [2.05, 4.69) is 15.3 Å². The average molecular weight is 370 g/mol. The van der Waals surface area contributed by atoms with Gasteiger partial charge in [-0.3, -0.25) is 4.79 Å². The Morgan fingerprint density at radius 3 is 2.30 bits per heavy atom. The molecular formula is C20H26N4O3. The van der Waals surface area contributed by atoms with Crippen LogP contribution in [0.2, 0.25) is 0 Å². The molecule has 0 saturated carbocycles. The molecule has 144 valence electrons. The van der Waals surface area contributed by atoms with Crippen LogP contribution < -0.4 is 5.32 Å². The van der Waals surface area contributed by atoms with Gasteiger partial charge in [0.15, 0.2) is 0 Å². The first kappa shape index (κ1) is 20.4. The standard InChI is InChI=1S/C20H26N4O3/c1-4-11-24(12-5-2)19(25)17-13-18(22-14-21-17)23-16-9-7-15(8-10-16)20(26)27-6-3/h7-10,13-14H,4-6,11-12H2,1-3H3,(H,21,22,23). The van der Waals surface area contributed by atoms with Gasteiger partial charge >= 0.3 is 5.97 Å². The summed E-state index contributed by atoms with van der Waals surface area (Å²) in [6.07, 6.45) is 3.17. The van der Waals surface area contributed by atoms with E-state index in [1.165, 1.54) is 6.33 Å². The van der Waals surface area contributed by atoms with Crippen LogP contribution in [0.1, 0.15) is 54.5 Å². The number of carbonyl (C=O) groups is 2. The van der Waals surface area contributed by atoms with Gasteiger partial charge in [0.1, 0.15) is 17.8 Å². The summed E-state index contributed by atoms with van der Waals surface area (Å²) < 4.78 is 4.97. The maximum atomic E-state index is 12.7. The van der Waals surface area contributed by atoms with Gasteiger partial charge in [0.05, 0.1) is 12.2 Å². The third-order valence-electron chi connectivity index (χ3n) is 3.83. The smallest absolute Gasteiger partial charge is 0.338 e. The quantitative estimate of drug-likeness (QED) is 0.678. The molecule has 2 aromatic rings. The molecule has 1 amide bonds. The molecule has 0 atom stereocenters. The molecule has 7 nitrogen and oxygen atoms in total. The third kappa shape index (κ3) is 5.77. The Morgan fingerprint density at radius 2 is 1.70 bits per heavy atom. The molecule has 1 heterocycles. The van der Waals surface area contributed by atoms with Crippen LogP contribution >= 0.6 is 0 Å². The monoisotopic (exact) mass is 370 g/mol. The fraction of sp³-hybridized carbons (Fsp3) is 0.400. The van der Waals surface area contributed by atoms with Gasteiger partial charge in [-0.1, -0.05) is 13.8 Å². The first-order valence-electron chi connectivity index (χ1n) is 9.24. The normalized spacial score (nSPS) is 10.3. The summed E-state index contributed by atoms with van der Waals surface area (Å²) in [6.45, 7) is 7.60. The molecule has 0 aliphatic heterocycles. The summed E-state index contributed by atoms with van der Waals surface area (Å²) in [7, 11) is 0. The number of rotatable bonds is 9. The highest BCUT2D eigenvalue weighted by molar-refractivity contribution is 5.93. The van der Waals surface area contributed by atoms with E-state index in [-0.39, 0.29) is 11.9 Å². The number of amides is 1. The van der Waals surface area contributed by atoms with Crippen molar-refractivity contribution in [2.75, 3.05) is 25.0 Å². The molecule has 0 fully saturated rings. The minimum atomic E-state index is -0.356. The van der Waals surface area contributed by atoms with Gasteiger partial charge < -0.3 is 15.0 Å². The van der Waals surface area contributed by atoms with Crippen molar-refractivity contribution in [2.45, 2.75) is 33.6 Å². The second kappa shape index (κ2) is 10.3. The zero-order valence-corrected chi connectivity index (χ0v) is 16.1. The second-order valence-corrected chi connectivity index (χ2v) is 6.00. The highest BCUT2D eigenvalue weighted by Gasteiger charge is 2.16. The van der Waals surface area contributed by atoms with Crippen LogP contribution in [0.15, 0.2) is 36.7 Å². The van der Waals surface area contributed by atoms with Gasteiger partial charge in [0, 0.05) is 24.8 Å². The lowest BCUT2D eigenvalue weighted by atomic mass is 10.2. The van der Waals surface area contributed by atoms with E-state index >= 15 is 0 Å². The van der Waals surface area contributed by atoms with Gasteiger partial charge in [-0.05, 0) is 44.0 Å². The van der Waals surface area contributed by atoms with Crippen molar-refractivity contribution >= 4 is 23.4 Å². The van der Waals surface area contributed by atoms with Crippen LogP contribution in [0.4, 0.5) is 11.5 Å². The Hall–Kier alpha value is -2.96. The first-order valence-corrected chi connectivity index (χ1v) is 9.24. The van der Waals surface area contributed by atoms with Crippen molar-refractivity contribution in [3.05, 3.63) is 47.9 Å². The van der Waals surface area contributed by atoms with Crippen molar-refractivity contribution < 1.29 is 14.3 Å². The number of anilines is 2. The number of aromatic nitrogens is 2.